The van der Waals surface area contributed by atoms with Crippen molar-refractivity contribution >= 4 is 46.2 Å². The summed E-state index contributed by atoms with van der Waals surface area (Å²) in [5.41, 5.74) is 3.04. The van der Waals surface area contributed by atoms with Gasteiger partial charge in [-0.2, -0.15) is 0 Å². The molecule has 0 bridgehead atoms. The highest BCUT2D eigenvalue weighted by Crippen LogP contribution is 2.33. The molecule has 5 nitrogen and oxygen atoms in total. The molecule has 0 spiro atoms. The molecule has 0 unspecified atom stereocenters. The van der Waals surface area contributed by atoms with E-state index >= 15 is 0 Å². The van der Waals surface area contributed by atoms with E-state index in [1.54, 1.807) is 24.3 Å². The van der Waals surface area contributed by atoms with Gasteiger partial charge in [-0.05, 0) is 53.4 Å². The third-order valence-electron chi connectivity index (χ3n) is 4.43. The molecular formula is C22H16ClN3O2S. The molecular weight excluding hydrogens is 406 g/mol. The van der Waals surface area contributed by atoms with E-state index in [0.717, 1.165) is 32.5 Å². The van der Waals surface area contributed by atoms with Gasteiger partial charge in [-0.3, -0.25) is 4.72 Å². The van der Waals surface area contributed by atoms with Gasteiger partial charge in [0.05, 0.1) is 11.3 Å². The predicted molar refractivity (Wildman–Crippen MR) is 118 cm³/mol. The summed E-state index contributed by atoms with van der Waals surface area (Å²) < 4.78 is 3.06. The van der Waals surface area contributed by atoms with Crippen molar-refractivity contribution in [3.8, 4) is 11.3 Å². The highest BCUT2D eigenvalue weighted by atomic mass is 35.5. The summed E-state index contributed by atoms with van der Waals surface area (Å²) in [7, 11) is 0. The molecule has 3 aromatic carbocycles. The standard InChI is InChI=1S/C22H16ClN3O2S/c1-13-9-10-14-5-2-3-8-17(14)20(13)18-12-19(23)25-22(24-18)26-29-16-7-4-6-15(11-16)21(27)28/h2-12H,1H3,(H,27,28)(H,24,25,26). The molecule has 4 rings (SSSR count). The fourth-order valence-electron chi connectivity index (χ4n) is 3.11. The van der Waals surface area contributed by atoms with E-state index in [1.165, 1.54) is 11.9 Å². The van der Waals surface area contributed by atoms with Gasteiger partial charge in [0.25, 0.3) is 0 Å². The first-order chi connectivity index (χ1) is 14.0. The number of carbonyl (C=O) groups is 1. The number of hydrogen-bond donors (Lipinski definition) is 2. The van der Waals surface area contributed by atoms with Crippen LogP contribution in [0.3, 0.4) is 0 Å². The van der Waals surface area contributed by atoms with Crippen LogP contribution in [0.2, 0.25) is 5.15 Å². The van der Waals surface area contributed by atoms with Gasteiger partial charge >= 0.3 is 5.97 Å². The second-order valence-corrected chi connectivity index (χ2v) is 7.68. The number of fused-ring (bicyclic) bond motifs is 1. The number of benzene rings is 3. The minimum Gasteiger partial charge on any atom is -0.478 e. The van der Waals surface area contributed by atoms with E-state index < -0.39 is 5.97 Å². The van der Waals surface area contributed by atoms with Crippen molar-refractivity contribution in [2.45, 2.75) is 11.8 Å². The fraction of sp³-hybridized carbons (Fsp3) is 0.0455. The van der Waals surface area contributed by atoms with Gasteiger partial charge in [0, 0.05) is 16.5 Å². The second kappa shape index (κ2) is 8.11. The van der Waals surface area contributed by atoms with E-state index in [2.05, 4.69) is 39.0 Å². The minimum atomic E-state index is -0.972. The SMILES string of the molecule is Cc1ccc2ccccc2c1-c1cc(Cl)nc(NSc2cccc(C(=O)O)c2)n1. The third-order valence-corrected chi connectivity index (χ3v) is 5.40. The molecule has 0 aliphatic carbocycles. The highest BCUT2D eigenvalue weighted by molar-refractivity contribution is 8.00. The molecule has 0 amide bonds. The minimum absolute atomic E-state index is 0.218. The number of nitrogens with one attached hydrogen (secondary N) is 1. The summed E-state index contributed by atoms with van der Waals surface area (Å²) in [6.45, 7) is 2.04. The summed E-state index contributed by atoms with van der Waals surface area (Å²) >= 11 is 7.50. The Bertz CT molecular complexity index is 1230. The molecule has 0 atom stereocenters. The van der Waals surface area contributed by atoms with E-state index in [0.29, 0.717) is 11.1 Å². The zero-order chi connectivity index (χ0) is 20.4. The van der Waals surface area contributed by atoms with Crippen molar-refractivity contribution in [2.24, 2.45) is 0 Å². The first kappa shape index (κ1) is 19.2. The van der Waals surface area contributed by atoms with E-state index in [-0.39, 0.29) is 5.56 Å². The normalized spacial score (nSPS) is 10.8. The molecule has 0 aliphatic heterocycles. The van der Waals surface area contributed by atoms with Crippen LogP contribution in [-0.4, -0.2) is 21.0 Å². The molecule has 29 heavy (non-hydrogen) atoms. The Hall–Kier alpha value is -3.09. The summed E-state index contributed by atoms with van der Waals surface area (Å²) in [5, 5.41) is 11.7. The largest absolute Gasteiger partial charge is 0.478 e. The molecule has 1 aromatic heterocycles. The number of nitrogens with zero attached hydrogens (tertiary/aromatic N) is 2. The lowest BCUT2D eigenvalue weighted by molar-refractivity contribution is 0.0696. The molecule has 0 aliphatic rings. The molecule has 2 N–H and O–H groups in total. The second-order valence-electron chi connectivity index (χ2n) is 6.42. The Balaban J connectivity index is 1.68. The fourth-order valence-corrected chi connectivity index (χ4v) is 3.93. The molecule has 0 radical (unpaired) electrons. The van der Waals surface area contributed by atoms with Gasteiger partial charge in [0.2, 0.25) is 5.95 Å². The van der Waals surface area contributed by atoms with Gasteiger partial charge in [0.15, 0.2) is 0 Å². The van der Waals surface area contributed by atoms with Crippen molar-refractivity contribution in [2.75, 3.05) is 4.72 Å². The zero-order valence-electron chi connectivity index (χ0n) is 15.4. The lowest BCUT2D eigenvalue weighted by Gasteiger charge is -2.12. The van der Waals surface area contributed by atoms with Gasteiger partial charge in [-0.25, -0.2) is 14.8 Å². The predicted octanol–water partition coefficient (Wildman–Crippen LogP) is 6.08. The maximum atomic E-state index is 11.1. The summed E-state index contributed by atoms with van der Waals surface area (Å²) in [5.74, 6) is -0.620. The summed E-state index contributed by atoms with van der Waals surface area (Å²) in [4.78, 5) is 20.8. The van der Waals surface area contributed by atoms with E-state index in [9.17, 15) is 4.79 Å². The Morgan fingerprint density at radius 1 is 1.03 bits per heavy atom. The van der Waals surface area contributed by atoms with Gasteiger partial charge < -0.3 is 5.11 Å². The van der Waals surface area contributed by atoms with E-state index in [1.807, 2.05) is 25.1 Å². The van der Waals surface area contributed by atoms with Crippen molar-refractivity contribution in [1.29, 1.82) is 0 Å². The maximum Gasteiger partial charge on any atom is 0.335 e. The molecule has 1 heterocycles. The topological polar surface area (TPSA) is 75.1 Å². The molecule has 0 saturated carbocycles. The van der Waals surface area contributed by atoms with Crippen LogP contribution in [0, 0.1) is 6.92 Å². The maximum absolute atomic E-state index is 11.1. The van der Waals surface area contributed by atoms with Gasteiger partial charge in [0.1, 0.15) is 5.15 Å². The van der Waals surface area contributed by atoms with Crippen molar-refractivity contribution in [1.82, 2.24) is 9.97 Å². The number of aromatic nitrogens is 2. The summed E-state index contributed by atoms with van der Waals surface area (Å²) in [6.07, 6.45) is 0. The number of carboxylic acids is 1. The lowest BCUT2D eigenvalue weighted by atomic mass is 9.97. The molecule has 7 heteroatoms. The molecule has 144 valence electrons. The van der Waals surface area contributed by atoms with Gasteiger partial charge in [-0.1, -0.05) is 54.1 Å². The van der Waals surface area contributed by atoms with Crippen LogP contribution in [0.1, 0.15) is 15.9 Å². The average Bonchev–Trinajstić information content (AvgIpc) is 2.72. The van der Waals surface area contributed by atoms with Crippen molar-refractivity contribution in [3.63, 3.8) is 0 Å². The number of aryl methyl sites for hydroxylation is 1. The first-order valence-electron chi connectivity index (χ1n) is 8.81. The van der Waals surface area contributed by atoms with Crippen molar-refractivity contribution < 1.29 is 9.90 Å². The summed E-state index contributed by atoms with van der Waals surface area (Å²) in [6, 6.07) is 20.7. The number of rotatable bonds is 5. The Labute approximate surface area is 176 Å². The molecule has 0 saturated heterocycles. The number of carboxylic acid groups (broad SMARTS) is 1. The van der Waals surface area contributed by atoms with E-state index in [4.69, 9.17) is 16.7 Å². The van der Waals surface area contributed by atoms with Crippen molar-refractivity contribution in [3.05, 3.63) is 83.0 Å². The van der Waals surface area contributed by atoms with Crippen LogP contribution in [0.4, 0.5) is 5.95 Å². The number of halogens is 1. The average molecular weight is 422 g/mol. The van der Waals surface area contributed by atoms with Gasteiger partial charge in [-0.15, -0.1) is 0 Å². The smallest absolute Gasteiger partial charge is 0.335 e. The molecule has 0 fully saturated rings. The number of anilines is 1. The Morgan fingerprint density at radius 2 is 1.86 bits per heavy atom. The van der Waals surface area contributed by atoms with Crippen LogP contribution < -0.4 is 4.72 Å². The van der Waals surface area contributed by atoms with Crippen LogP contribution in [0.5, 0.6) is 0 Å². The third kappa shape index (κ3) is 4.18. The monoisotopic (exact) mass is 421 g/mol. The van der Waals surface area contributed by atoms with Crippen LogP contribution in [0.25, 0.3) is 22.0 Å². The van der Waals surface area contributed by atoms with Crippen LogP contribution in [-0.2, 0) is 0 Å². The Morgan fingerprint density at radius 3 is 2.69 bits per heavy atom. The number of aromatic carboxylic acids is 1. The van der Waals surface area contributed by atoms with Crippen LogP contribution in [0.15, 0.2) is 71.6 Å². The lowest BCUT2D eigenvalue weighted by Crippen LogP contribution is -1.99. The zero-order valence-corrected chi connectivity index (χ0v) is 17.0. The molecule has 4 aromatic rings. The highest BCUT2D eigenvalue weighted by Gasteiger charge is 2.12. The Kier molecular flexibility index (Phi) is 5.38. The quantitative estimate of drug-likeness (QED) is 0.300. The van der Waals surface area contributed by atoms with Crippen LogP contribution >= 0.6 is 23.5 Å². The first-order valence-corrected chi connectivity index (χ1v) is 10.0. The number of hydrogen-bond acceptors (Lipinski definition) is 5.